The summed E-state index contributed by atoms with van der Waals surface area (Å²) in [5.41, 5.74) is 2.22. The highest BCUT2D eigenvalue weighted by molar-refractivity contribution is 6.06. The first kappa shape index (κ1) is 23.2. The maximum Gasteiger partial charge on any atom is 0.328 e. The number of nitrogens with zero attached hydrogens (tertiary/aromatic N) is 3. The molecule has 0 saturated carbocycles. The van der Waals surface area contributed by atoms with Gasteiger partial charge >= 0.3 is 6.03 Å². The summed E-state index contributed by atoms with van der Waals surface area (Å²) in [4.78, 5) is 43.9. The Bertz CT molecular complexity index is 1170. The molecule has 174 valence electrons. The number of carbonyl (C=O) groups excluding carboxylic acids is 3. The van der Waals surface area contributed by atoms with Crippen LogP contribution in [0.2, 0.25) is 0 Å². The average molecular weight is 460 g/mol. The molecule has 0 bridgehead atoms. The molecule has 6 nitrogen and oxygen atoms in total. The summed E-state index contributed by atoms with van der Waals surface area (Å²) < 4.78 is 13.6. The molecule has 0 spiro atoms. The van der Waals surface area contributed by atoms with E-state index in [0.29, 0.717) is 17.7 Å². The van der Waals surface area contributed by atoms with E-state index in [4.69, 9.17) is 0 Å². The van der Waals surface area contributed by atoms with Crippen molar-refractivity contribution in [1.82, 2.24) is 14.7 Å². The highest BCUT2D eigenvalue weighted by Gasteiger charge is 2.46. The standard InChI is InChI=1S/C27H26FN3O3/c1-2-29(17-21-12-9-15-23(28)16-21)24(32)19-31-26(33)25(22-13-7-4-8-14-22)30(27(31)34)18-20-10-5-3-6-11-20/h3-16,25H,2,17-19H2,1H3. The molecule has 1 fully saturated rings. The molecule has 3 aromatic carbocycles. The van der Waals surface area contributed by atoms with Gasteiger partial charge in [0.2, 0.25) is 5.91 Å². The number of rotatable bonds is 8. The van der Waals surface area contributed by atoms with Crippen molar-refractivity contribution in [2.45, 2.75) is 26.1 Å². The van der Waals surface area contributed by atoms with Gasteiger partial charge in [-0.1, -0.05) is 72.8 Å². The van der Waals surface area contributed by atoms with Gasteiger partial charge in [-0.3, -0.25) is 14.5 Å². The number of urea groups is 1. The maximum atomic E-state index is 13.6. The molecular weight excluding hydrogens is 433 g/mol. The molecule has 0 radical (unpaired) electrons. The van der Waals surface area contributed by atoms with Gasteiger partial charge in [-0.15, -0.1) is 0 Å². The lowest BCUT2D eigenvalue weighted by Crippen LogP contribution is -2.43. The Morgan fingerprint density at radius 3 is 2.21 bits per heavy atom. The Kier molecular flexibility index (Phi) is 7.01. The number of imide groups is 1. The van der Waals surface area contributed by atoms with Crippen molar-refractivity contribution in [3.8, 4) is 0 Å². The number of carbonyl (C=O) groups is 3. The van der Waals surface area contributed by atoms with E-state index in [-0.39, 0.29) is 31.4 Å². The fourth-order valence-electron chi connectivity index (χ4n) is 4.15. The highest BCUT2D eigenvalue weighted by atomic mass is 19.1. The monoisotopic (exact) mass is 459 g/mol. The van der Waals surface area contributed by atoms with E-state index in [2.05, 4.69) is 0 Å². The van der Waals surface area contributed by atoms with Gasteiger partial charge in [0.15, 0.2) is 0 Å². The van der Waals surface area contributed by atoms with Crippen molar-refractivity contribution in [3.63, 3.8) is 0 Å². The minimum absolute atomic E-state index is 0.194. The molecule has 1 unspecified atom stereocenters. The van der Waals surface area contributed by atoms with Crippen LogP contribution in [0.1, 0.15) is 29.7 Å². The van der Waals surface area contributed by atoms with E-state index in [9.17, 15) is 18.8 Å². The second kappa shape index (κ2) is 10.3. The van der Waals surface area contributed by atoms with Crippen molar-refractivity contribution < 1.29 is 18.8 Å². The molecule has 1 aliphatic heterocycles. The Labute approximate surface area is 198 Å². The summed E-state index contributed by atoms with van der Waals surface area (Å²) in [6.45, 7) is 2.24. The van der Waals surface area contributed by atoms with Crippen LogP contribution in [0.15, 0.2) is 84.9 Å². The van der Waals surface area contributed by atoms with Crippen LogP contribution in [-0.4, -0.2) is 45.6 Å². The van der Waals surface area contributed by atoms with E-state index >= 15 is 0 Å². The van der Waals surface area contributed by atoms with E-state index in [1.54, 1.807) is 19.1 Å². The summed E-state index contributed by atoms with van der Waals surface area (Å²) in [6.07, 6.45) is 0. The number of benzene rings is 3. The SMILES string of the molecule is CCN(Cc1cccc(F)c1)C(=O)CN1C(=O)C(c2ccccc2)N(Cc2ccccc2)C1=O. The molecular formula is C27H26FN3O3. The molecule has 4 amide bonds. The summed E-state index contributed by atoms with van der Waals surface area (Å²) in [5.74, 6) is -1.18. The van der Waals surface area contributed by atoms with Gasteiger partial charge in [-0.2, -0.15) is 0 Å². The van der Waals surface area contributed by atoms with Crippen molar-refractivity contribution in [3.05, 3.63) is 107 Å². The molecule has 1 heterocycles. The van der Waals surface area contributed by atoms with Gasteiger partial charge in [-0.25, -0.2) is 9.18 Å². The lowest BCUT2D eigenvalue weighted by atomic mass is 10.1. The second-order valence-electron chi connectivity index (χ2n) is 8.17. The summed E-state index contributed by atoms with van der Waals surface area (Å²) in [5, 5.41) is 0. The third-order valence-corrected chi connectivity index (χ3v) is 5.89. The predicted octanol–water partition coefficient (Wildman–Crippen LogP) is 4.38. The Hall–Kier alpha value is -4.00. The fraction of sp³-hybridized carbons (Fsp3) is 0.222. The Morgan fingerprint density at radius 2 is 1.56 bits per heavy atom. The number of hydrogen-bond donors (Lipinski definition) is 0. The molecule has 1 saturated heterocycles. The molecule has 0 aromatic heterocycles. The van der Waals surface area contributed by atoms with Crippen LogP contribution in [0.25, 0.3) is 0 Å². The number of likely N-dealkylation sites (N-methyl/N-ethyl adjacent to an activating group) is 1. The lowest BCUT2D eigenvalue weighted by molar-refractivity contribution is -0.137. The van der Waals surface area contributed by atoms with Gasteiger partial charge < -0.3 is 9.80 Å². The zero-order valence-corrected chi connectivity index (χ0v) is 18.9. The van der Waals surface area contributed by atoms with E-state index < -0.39 is 18.0 Å². The largest absolute Gasteiger partial charge is 0.337 e. The normalized spacial score (nSPS) is 15.6. The number of halogens is 1. The van der Waals surface area contributed by atoms with Gasteiger partial charge in [0, 0.05) is 19.6 Å². The summed E-state index contributed by atoms with van der Waals surface area (Å²) in [7, 11) is 0. The fourth-order valence-corrected chi connectivity index (χ4v) is 4.15. The Morgan fingerprint density at radius 1 is 0.912 bits per heavy atom. The first-order valence-corrected chi connectivity index (χ1v) is 11.2. The molecule has 4 rings (SSSR count). The van der Waals surface area contributed by atoms with Gasteiger partial charge in [0.1, 0.15) is 18.4 Å². The molecule has 34 heavy (non-hydrogen) atoms. The quantitative estimate of drug-likeness (QED) is 0.470. The van der Waals surface area contributed by atoms with Crippen molar-refractivity contribution in [1.29, 1.82) is 0 Å². The second-order valence-corrected chi connectivity index (χ2v) is 8.17. The number of hydrogen-bond acceptors (Lipinski definition) is 3. The topological polar surface area (TPSA) is 60.9 Å². The van der Waals surface area contributed by atoms with Crippen LogP contribution >= 0.6 is 0 Å². The average Bonchev–Trinajstić information content (AvgIpc) is 3.07. The maximum absolute atomic E-state index is 13.6. The van der Waals surface area contributed by atoms with E-state index in [0.717, 1.165) is 10.5 Å². The molecule has 0 N–H and O–H groups in total. The van der Waals surface area contributed by atoms with Crippen LogP contribution in [0.3, 0.4) is 0 Å². The van der Waals surface area contributed by atoms with E-state index in [1.165, 1.54) is 21.9 Å². The van der Waals surface area contributed by atoms with Crippen molar-refractivity contribution in [2.24, 2.45) is 0 Å². The van der Waals surface area contributed by atoms with Crippen LogP contribution < -0.4 is 0 Å². The van der Waals surface area contributed by atoms with Gasteiger partial charge in [-0.05, 0) is 35.7 Å². The van der Waals surface area contributed by atoms with Crippen LogP contribution in [0, 0.1) is 5.82 Å². The molecule has 1 aliphatic rings. The first-order chi connectivity index (χ1) is 16.5. The predicted molar refractivity (Wildman–Crippen MR) is 126 cm³/mol. The van der Waals surface area contributed by atoms with Crippen LogP contribution in [-0.2, 0) is 22.7 Å². The van der Waals surface area contributed by atoms with E-state index in [1.807, 2.05) is 60.7 Å². The minimum Gasteiger partial charge on any atom is -0.337 e. The minimum atomic E-state index is -0.806. The summed E-state index contributed by atoms with van der Waals surface area (Å²) in [6, 6.07) is 23.3. The molecule has 7 heteroatoms. The van der Waals surface area contributed by atoms with Gasteiger partial charge in [0.05, 0.1) is 0 Å². The molecule has 0 aliphatic carbocycles. The van der Waals surface area contributed by atoms with Gasteiger partial charge in [0.25, 0.3) is 5.91 Å². The smallest absolute Gasteiger partial charge is 0.328 e. The highest BCUT2D eigenvalue weighted by Crippen LogP contribution is 2.32. The van der Waals surface area contributed by atoms with Crippen LogP contribution in [0.4, 0.5) is 9.18 Å². The Balaban J connectivity index is 1.56. The summed E-state index contributed by atoms with van der Waals surface area (Å²) >= 11 is 0. The third-order valence-electron chi connectivity index (χ3n) is 5.89. The number of amides is 4. The van der Waals surface area contributed by atoms with Crippen molar-refractivity contribution in [2.75, 3.05) is 13.1 Å². The molecule has 3 aromatic rings. The zero-order chi connectivity index (χ0) is 24.1. The van der Waals surface area contributed by atoms with Crippen molar-refractivity contribution >= 4 is 17.8 Å². The first-order valence-electron chi connectivity index (χ1n) is 11.2. The zero-order valence-electron chi connectivity index (χ0n) is 18.9. The van der Waals surface area contributed by atoms with Crippen LogP contribution in [0.5, 0.6) is 0 Å². The molecule has 1 atom stereocenters. The lowest BCUT2D eigenvalue weighted by Gasteiger charge is -2.24. The third kappa shape index (κ3) is 4.98.